The van der Waals surface area contributed by atoms with Crippen LogP contribution in [0, 0.1) is 11.6 Å². The van der Waals surface area contributed by atoms with Crippen molar-refractivity contribution in [2.45, 2.75) is 4.90 Å². The second kappa shape index (κ2) is 7.02. The van der Waals surface area contributed by atoms with Gasteiger partial charge in [-0.3, -0.25) is 14.8 Å². The number of carbonyl (C=O) groups excluding carboxylic acids is 1. The third-order valence-corrected chi connectivity index (χ3v) is 4.66. The number of rotatable bonds is 5. The Morgan fingerprint density at radius 2 is 1.54 bits per heavy atom. The molecule has 0 spiro atoms. The quantitative estimate of drug-likeness (QED) is 0.662. The normalized spacial score (nSPS) is 11.3. The number of amides is 1. The van der Waals surface area contributed by atoms with Gasteiger partial charge in [0.1, 0.15) is 17.3 Å². The van der Waals surface area contributed by atoms with Gasteiger partial charge in [0.05, 0.1) is 17.4 Å². The minimum absolute atomic E-state index is 0.0263. The summed E-state index contributed by atoms with van der Waals surface area (Å²) in [6.07, 6.45) is 2.56. The first kappa shape index (κ1) is 17.7. The van der Waals surface area contributed by atoms with Crippen molar-refractivity contribution in [1.82, 2.24) is 19.8 Å². The molecule has 26 heavy (non-hydrogen) atoms. The number of imidazole rings is 1. The number of aromatic nitrogens is 2. The van der Waals surface area contributed by atoms with E-state index >= 15 is 0 Å². The molecule has 0 fully saturated rings. The summed E-state index contributed by atoms with van der Waals surface area (Å²) >= 11 is 0. The van der Waals surface area contributed by atoms with Crippen molar-refractivity contribution in [1.29, 1.82) is 0 Å². The van der Waals surface area contributed by atoms with Crippen LogP contribution in [0.15, 0.2) is 66.0 Å². The Kier molecular flexibility index (Phi) is 4.78. The van der Waals surface area contributed by atoms with Gasteiger partial charge in [0.15, 0.2) is 0 Å². The van der Waals surface area contributed by atoms with E-state index in [2.05, 4.69) is 10.4 Å². The second-order valence-corrected chi connectivity index (χ2v) is 6.82. The molecule has 0 saturated heterocycles. The Morgan fingerprint density at radius 1 is 0.962 bits per heavy atom. The van der Waals surface area contributed by atoms with E-state index in [4.69, 9.17) is 0 Å². The Labute approximate surface area is 147 Å². The number of halogens is 2. The van der Waals surface area contributed by atoms with Gasteiger partial charge in [-0.05, 0) is 48.5 Å². The van der Waals surface area contributed by atoms with E-state index in [0.29, 0.717) is 5.69 Å². The first-order valence-electron chi connectivity index (χ1n) is 7.23. The lowest BCUT2D eigenvalue weighted by molar-refractivity contribution is 0.0938. The molecule has 1 amide bonds. The highest BCUT2D eigenvalue weighted by Gasteiger charge is 2.18. The van der Waals surface area contributed by atoms with E-state index in [1.165, 1.54) is 41.4 Å². The summed E-state index contributed by atoms with van der Waals surface area (Å²) < 4.78 is 51.5. The fourth-order valence-electron chi connectivity index (χ4n) is 2.12. The number of sulfonamides is 1. The van der Waals surface area contributed by atoms with Gasteiger partial charge in [-0.2, -0.15) is 0 Å². The highest BCUT2D eigenvalue weighted by molar-refractivity contribution is 7.89. The van der Waals surface area contributed by atoms with E-state index in [1.807, 2.05) is 4.83 Å². The molecule has 2 aromatic carbocycles. The third kappa shape index (κ3) is 3.76. The molecule has 3 rings (SSSR count). The molecular formula is C16H12F2N4O3S. The van der Waals surface area contributed by atoms with E-state index in [-0.39, 0.29) is 10.6 Å². The van der Waals surface area contributed by atoms with Crippen LogP contribution in [0.3, 0.4) is 0 Å². The molecule has 0 aliphatic heterocycles. The van der Waals surface area contributed by atoms with Gasteiger partial charge < -0.3 is 0 Å². The summed E-state index contributed by atoms with van der Waals surface area (Å²) in [6, 6.07) is 9.41. The fraction of sp³-hybridized carbons (Fsp3) is 0. The van der Waals surface area contributed by atoms with Gasteiger partial charge >= 0.3 is 0 Å². The minimum atomic E-state index is -4.07. The predicted molar refractivity (Wildman–Crippen MR) is 87.7 cm³/mol. The van der Waals surface area contributed by atoms with Crippen molar-refractivity contribution in [3.8, 4) is 5.69 Å². The zero-order chi connectivity index (χ0) is 18.7. The van der Waals surface area contributed by atoms with Crippen molar-refractivity contribution in [3.05, 3.63) is 78.4 Å². The fourth-order valence-corrected chi connectivity index (χ4v) is 2.96. The topological polar surface area (TPSA) is 93.1 Å². The molecule has 10 heteroatoms. The molecule has 0 bridgehead atoms. The van der Waals surface area contributed by atoms with Crippen LogP contribution in [0.5, 0.6) is 0 Å². The average Bonchev–Trinajstić information content (AvgIpc) is 3.10. The molecule has 0 saturated carbocycles. The molecule has 134 valence electrons. The van der Waals surface area contributed by atoms with Gasteiger partial charge in [-0.15, -0.1) is 4.83 Å². The standard InChI is InChI=1S/C16H12F2N4O3S/c17-11-1-5-13(6-2-11)22-10-19-9-15(22)16(23)20-21-26(24,25)14-7-3-12(18)4-8-14/h1-10,21H,(H,20,23). The van der Waals surface area contributed by atoms with Crippen molar-refractivity contribution in [2.75, 3.05) is 0 Å². The lowest BCUT2D eigenvalue weighted by atomic mass is 10.3. The zero-order valence-corrected chi connectivity index (χ0v) is 13.9. The molecule has 0 radical (unpaired) electrons. The first-order chi connectivity index (χ1) is 12.4. The predicted octanol–water partition coefficient (Wildman–Crippen LogP) is 1.77. The van der Waals surface area contributed by atoms with Crippen LogP contribution < -0.4 is 10.3 Å². The summed E-state index contributed by atoms with van der Waals surface area (Å²) in [5.74, 6) is -1.80. The van der Waals surface area contributed by atoms with Crippen LogP contribution in [0.25, 0.3) is 5.69 Å². The third-order valence-electron chi connectivity index (χ3n) is 3.40. The smallest absolute Gasteiger partial charge is 0.284 e. The molecule has 1 aromatic heterocycles. The Balaban J connectivity index is 1.76. The number of nitrogens with zero attached hydrogens (tertiary/aromatic N) is 2. The van der Waals surface area contributed by atoms with E-state index in [0.717, 1.165) is 24.3 Å². The number of carbonyl (C=O) groups is 1. The molecular weight excluding hydrogens is 366 g/mol. The lowest BCUT2D eigenvalue weighted by Gasteiger charge is -2.10. The summed E-state index contributed by atoms with van der Waals surface area (Å²) in [6.45, 7) is 0. The SMILES string of the molecule is O=C(NNS(=O)(=O)c1ccc(F)cc1)c1cncn1-c1ccc(F)cc1. The highest BCUT2D eigenvalue weighted by atomic mass is 32.2. The summed E-state index contributed by atoms with van der Waals surface area (Å²) in [5.41, 5.74) is 2.55. The van der Waals surface area contributed by atoms with Crippen molar-refractivity contribution < 1.29 is 22.0 Å². The molecule has 0 aliphatic rings. The van der Waals surface area contributed by atoms with Gasteiger partial charge in [0.25, 0.3) is 15.9 Å². The molecule has 3 aromatic rings. The molecule has 0 atom stereocenters. The van der Waals surface area contributed by atoms with Crippen LogP contribution >= 0.6 is 0 Å². The van der Waals surface area contributed by atoms with E-state index < -0.39 is 27.6 Å². The van der Waals surface area contributed by atoms with Gasteiger partial charge in [0, 0.05) is 5.69 Å². The number of benzene rings is 2. The Morgan fingerprint density at radius 3 is 2.15 bits per heavy atom. The minimum Gasteiger partial charge on any atom is -0.295 e. The molecule has 7 nitrogen and oxygen atoms in total. The zero-order valence-electron chi connectivity index (χ0n) is 13.1. The van der Waals surface area contributed by atoms with Crippen LogP contribution in [0.4, 0.5) is 8.78 Å². The van der Waals surface area contributed by atoms with Crippen LogP contribution in [-0.2, 0) is 10.0 Å². The summed E-state index contributed by atoms with van der Waals surface area (Å²) in [7, 11) is -4.07. The van der Waals surface area contributed by atoms with Gasteiger partial charge in [-0.25, -0.2) is 22.2 Å². The maximum absolute atomic E-state index is 13.0. The molecule has 0 aliphatic carbocycles. The monoisotopic (exact) mass is 378 g/mol. The Hall–Kier alpha value is -3.11. The van der Waals surface area contributed by atoms with Crippen molar-refractivity contribution in [3.63, 3.8) is 0 Å². The number of nitrogens with one attached hydrogen (secondary N) is 2. The van der Waals surface area contributed by atoms with E-state index in [1.54, 1.807) is 0 Å². The highest BCUT2D eigenvalue weighted by Crippen LogP contribution is 2.13. The molecule has 1 heterocycles. The summed E-state index contributed by atoms with van der Waals surface area (Å²) in [4.78, 5) is 17.8. The second-order valence-electron chi connectivity index (χ2n) is 5.14. The number of hydrogen-bond acceptors (Lipinski definition) is 4. The van der Waals surface area contributed by atoms with Crippen molar-refractivity contribution in [2.24, 2.45) is 0 Å². The first-order valence-corrected chi connectivity index (χ1v) is 8.71. The van der Waals surface area contributed by atoms with E-state index in [9.17, 15) is 22.0 Å². The molecule has 2 N–H and O–H groups in total. The number of hydrazine groups is 1. The Bertz CT molecular complexity index is 1030. The lowest BCUT2D eigenvalue weighted by Crippen LogP contribution is -2.42. The van der Waals surface area contributed by atoms with Crippen LogP contribution in [0.2, 0.25) is 0 Å². The van der Waals surface area contributed by atoms with Crippen LogP contribution in [0.1, 0.15) is 10.5 Å². The van der Waals surface area contributed by atoms with Gasteiger partial charge in [-0.1, -0.05) is 0 Å². The largest absolute Gasteiger partial charge is 0.295 e. The maximum Gasteiger partial charge on any atom is 0.284 e. The van der Waals surface area contributed by atoms with Gasteiger partial charge in [0.2, 0.25) is 0 Å². The summed E-state index contributed by atoms with van der Waals surface area (Å²) in [5, 5.41) is 0. The maximum atomic E-state index is 13.0. The molecule has 0 unspecified atom stereocenters. The van der Waals surface area contributed by atoms with Crippen molar-refractivity contribution >= 4 is 15.9 Å². The number of hydrogen-bond donors (Lipinski definition) is 2. The van der Waals surface area contributed by atoms with Crippen LogP contribution in [-0.4, -0.2) is 23.9 Å². The average molecular weight is 378 g/mol.